The van der Waals surface area contributed by atoms with Gasteiger partial charge in [0.2, 0.25) is 5.91 Å². The molecule has 0 saturated carbocycles. The quantitative estimate of drug-likeness (QED) is 0.476. The van der Waals surface area contributed by atoms with E-state index in [1.54, 1.807) is 0 Å². The van der Waals surface area contributed by atoms with Gasteiger partial charge in [0.1, 0.15) is 5.82 Å². The Morgan fingerprint density at radius 1 is 1.31 bits per heavy atom. The van der Waals surface area contributed by atoms with E-state index in [1.165, 1.54) is 0 Å². The molecule has 0 spiro atoms. The van der Waals surface area contributed by atoms with Crippen molar-refractivity contribution in [2.45, 2.75) is 38.8 Å². The Kier molecular flexibility index (Phi) is 7.21. The maximum Gasteiger partial charge on any atom is 0.225 e. The first kappa shape index (κ1) is 22.1. The molecule has 2 unspecified atom stereocenters. The third kappa shape index (κ3) is 5.56. The first-order valence-corrected chi connectivity index (χ1v) is 11.3. The van der Waals surface area contributed by atoms with Gasteiger partial charge in [0.15, 0.2) is 5.96 Å². The van der Waals surface area contributed by atoms with Crippen LogP contribution in [0.1, 0.15) is 37.3 Å². The van der Waals surface area contributed by atoms with Crippen molar-refractivity contribution < 1.29 is 9.53 Å². The first-order valence-electron chi connectivity index (χ1n) is 11.3. The summed E-state index contributed by atoms with van der Waals surface area (Å²) in [6, 6.07) is 12.1. The molecule has 1 aromatic carbocycles. The second kappa shape index (κ2) is 10.5. The molecule has 4 rings (SSSR count). The summed E-state index contributed by atoms with van der Waals surface area (Å²) in [5, 5.41) is 9.68. The lowest BCUT2D eigenvalue weighted by Crippen LogP contribution is -2.41. The fourth-order valence-corrected chi connectivity index (χ4v) is 4.17. The summed E-state index contributed by atoms with van der Waals surface area (Å²) in [5.41, 5.74) is 3.17. The number of carbonyl (C=O) groups is 1. The molecule has 0 radical (unpaired) electrons. The minimum absolute atomic E-state index is 0.0548. The number of amides is 1. The standard InChI is InChI=1S/C24H32N6O2/c1-3-25-24(28-15-19-13-23(31)29-21-7-5-4-6-20(19)21)27-14-18-8-9-26-22(12-18)30-10-11-32-17(2)16-30/h4-9,12,17,19H,3,10-11,13-16H2,1-2H3,(H,29,31)(H2,25,27,28). The Morgan fingerprint density at radius 3 is 3.03 bits per heavy atom. The smallest absolute Gasteiger partial charge is 0.225 e. The molecule has 2 aliphatic heterocycles. The molecule has 2 aromatic rings. The lowest BCUT2D eigenvalue weighted by atomic mass is 9.90. The van der Waals surface area contributed by atoms with Crippen LogP contribution >= 0.6 is 0 Å². The van der Waals surface area contributed by atoms with Gasteiger partial charge in [0, 0.05) is 50.4 Å². The van der Waals surface area contributed by atoms with Crippen molar-refractivity contribution >= 4 is 23.4 Å². The van der Waals surface area contributed by atoms with Gasteiger partial charge in [-0.2, -0.15) is 0 Å². The number of nitrogens with one attached hydrogen (secondary N) is 3. The summed E-state index contributed by atoms with van der Waals surface area (Å²) in [6.45, 7) is 8.51. The molecule has 8 heteroatoms. The molecule has 2 atom stereocenters. The van der Waals surface area contributed by atoms with Gasteiger partial charge in [-0.25, -0.2) is 9.98 Å². The molecule has 2 aliphatic rings. The van der Waals surface area contributed by atoms with Crippen molar-refractivity contribution in [1.82, 2.24) is 15.6 Å². The monoisotopic (exact) mass is 436 g/mol. The molecule has 8 nitrogen and oxygen atoms in total. The highest BCUT2D eigenvalue weighted by molar-refractivity contribution is 5.94. The number of ether oxygens (including phenoxy) is 1. The number of fused-ring (bicyclic) bond motifs is 1. The second-order valence-corrected chi connectivity index (χ2v) is 8.26. The summed E-state index contributed by atoms with van der Waals surface area (Å²) >= 11 is 0. The number of morpholine rings is 1. The lowest BCUT2D eigenvalue weighted by Gasteiger charge is -2.32. The number of para-hydroxylation sites is 1. The van der Waals surface area contributed by atoms with Crippen LogP contribution in [0.25, 0.3) is 0 Å². The third-order valence-electron chi connectivity index (χ3n) is 5.76. The number of anilines is 2. The molecule has 0 aliphatic carbocycles. The third-order valence-corrected chi connectivity index (χ3v) is 5.76. The topological polar surface area (TPSA) is 90.9 Å². The van der Waals surface area contributed by atoms with Gasteiger partial charge in [-0.1, -0.05) is 18.2 Å². The van der Waals surface area contributed by atoms with Crippen LogP contribution in [0.2, 0.25) is 0 Å². The Hall–Kier alpha value is -3.13. The van der Waals surface area contributed by atoms with E-state index in [-0.39, 0.29) is 17.9 Å². The van der Waals surface area contributed by atoms with Crippen molar-refractivity contribution in [3.05, 3.63) is 53.7 Å². The van der Waals surface area contributed by atoms with E-state index in [1.807, 2.05) is 37.4 Å². The largest absolute Gasteiger partial charge is 0.375 e. The zero-order valence-electron chi connectivity index (χ0n) is 18.8. The number of aliphatic imine (C=N–C) groups is 1. The molecule has 1 fully saturated rings. The summed E-state index contributed by atoms with van der Waals surface area (Å²) in [7, 11) is 0. The number of aromatic nitrogens is 1. The van der Waals surface area contributed by atoms with Gasteiger partial charge in [-0.3, -0.25) is 4.79 Å². The van der Waals surface area contributed by atoms with E-state index in [9.17, 15) is 4.79 Å². The van der Waals surface area contributed by atoms with Crippen LogP contribution in [0.15, 0.2) is 47.6 Å². The molecule has 1 aromatic heterocycles. The number of guanidine groups is 1. The minimum atomic E-state index is 0.0548. The van der Waals surface area contributed by atoms with Crippen molar-refractivity contribution in [3.8, 4) is 0 Å². The number of carbonyl (C=O) groups excluding carboxylic acids is 1. The molecule has 3 N–H and O–H groups in total. The zero-order valence-corrected chi connectivity index (χ0v) is 18.8. The predicted octanol–water partition coefficient (Wildman–Crippen LogP) is 2.49. The van der Waals surface area contributed by atoms with Gasteiger partial charge >= 0.3 is 0 Å². The molecule has 3 heterocycles. The van der Waals surface area contributed by atoms with Crippen LogP contribution in [-0.2, 0) is 16.1 Å². The van der Waals surface area contributed by atoms with E-state index in [2.05, 4.69) is 44.9 Å². The minimum Gasteiger partial charge on any atom is -0.375 e. The molecular formula is C24H32N6O2. The average molecular weight is 437 g/mol. The fraction of sp³-hybridized carbons (Fsp3) is 0.458. The Balaban J connectivity index is 1.41. The van der Waals surface area contributed by atoms with Crippen LogP contribution in [-0.4, -0.2) is 55.7 Å². The Labute approximate surface area is 189 Å². The van der Waals surface area contributed by atoms with Crippen LogP contribution in [0.3, 0.4) is 0 Å². The molecule has 1 amide bonds. The summed E-state index contributed by atoms with van der Waals surface area (Å²) in [6.07, 6.45) is 2.52. The predicted molar refractivity (Wildman–Crippen MR) is 127 cm³/mol. The number of hydrogen-bond donors (Lipinski definition) is 3. The van der Waals surface area contributed by atoms with Crippen LogP contribution in [0, 0.1) is 0 Å². The van der Waals surface area contributed by atoms with E-state index in [4.69, 9.17) is 9.73 Å². The van der Waals surface area contributed by atoms with Gasteiger partial charge in [0.25, 0.3) is 0 Å². The lowest BCUT2D eigenvalue weighted by molar-refractivity contribution is -0.116. The van der Waals surface area contributed by atoms with Crippen molar-refractivity contribution in [3.63, 3.8) is 0 Å². The molecular weight excluding hydrogens is 404 g/mol. The number of hydrogen-bond acceptors (Lipinski definition) is 5. The first-order chi connectivity index (χ1) is 15.6. The summed E-state index contributed by atoms with van der Waals surface area (Å²) in [4.78, 5) is 23.7. The maximum atomic E-state index is 12.1. The van der Waals surface area contributed by atoms with E-state index < -0.39 is 0 Å². The van der Waals surface area contributed by atoms with Crippen molar-refractivity contribution in [1.29, 1.82) is 0 Å². The van der Waals surface area contributed by atoms with Crippen molar-refractivity contribution in [2.24, 2.45) is 4.99 Å². The second-order valence-electron chi connectivity index (χ2n) is 8.26. The van der Waals surface area contributed by atoms with Crippen LogP contribution in [0.4, 0.5) is 11.5 Å². The zero-order chi connectivity index (χ0) is 22.3. The van der Waals surface area contributed by atoms with Crippen LogP contribution in [0.5, 0.6) is 0 Å². The van der Waals surface area contributed by atoms with E-state index in [0.29, 0.717) is 19.5 Å². The molecule has 32 heavy (non-hydrogen) atoms. The normalized spacial score (nSPS) is 21.0. The number of nitrogens with zero attached hydrogens (tertiary/aromatic N) is 3. The van der Waals surface area contributed by atoms with Gasteiger partial charge in [0.05, 0.1) is 19.3 Å². The Bertz CT molecular complexity index is 963. The van der Waals surface area contributed by atoms with E-state index >= 15 is 0 Å². The number of benzene rings is 1. The SMILES string of the molecule is CCNC(=NCc1ccnc(N2CCOC(C)C2)c1)NCC1CC(=O)Nc2ccccc21. The van der Waals surface area contributed by atoms with Crippen molar-refractivity contribution in [2.75, 3.05) is 43.0 Å². The summed E-state index contributed by atoms with van der Waals surface area (Å²) < 4.78 is 5.64. The average Bonchev–Trinajstić information content (AvgIpc) is 2.81. The van der Waals surface area contributed by atoms with Gasteiger partial charge < -0.3 is 25.6 Å². The highest BCUT2D eigenvalue weighted by Gasteiger charge is 2.24. The van der Waals surface area contributed by atoms with Gasteiger partial charge in [-0.05, 0) is 43.2 Å². The summed E-state index contributed by atoms with van der Waals surface area (Å²) in [5.74, 6) is 1.88. The van der Waals surface area contributed by atoms with E-state index in [0.717, 1.165) is 54.8 Å². The highest BCUT2D eigenvalue weighted by atomic mass is 16.5. The van der Waals surface area contributed by atoms with Gasteiger partial charge in [-0.15, -0.1) is 0 Å². The number of pyridine rings is 1. The molecule has 170 valence electrons. The fourth-order valence-electron chi connectivity index (χ4n) is 4.17. The molecule has 0 bridgehead atoms. The highest BCUT2D eigenvalue weighted by Crippen LogP contribution is 2.31. The number of rotatable bonds is 6. The Morgan fingerprint density at radius 2 is 2.19 bits per heavy atom. The maximum absolute atomic E-state index is 12.1. The van der Waals surface area contributed by atoms with Crippen LogP contribution < -0.4 is 20.9 Å². The molecule has 1 saturated heterocycles.